The van der Waals surface area contributed by atoms with Crippen molar-refractivity contribution in [3.05, 3.63) is 35.7 Å². The Morgan fingerprint density at radius 1 is 1.29 bits per heavy atom. The maximum atomic E-state index is 12.3. The summed E-state index contributed by atoms with van der Waals surface area (Å²) in [6, 6.07) is 7.02. The standard InChI is InChI=1S/C11H9F3N2O/c1-2-7-4-3-5-8(6-7)9-15-10(17-16-9)11(12,13)14/h3-6H,2H2,1H3. The number of alkyl halides is 3. The molecule has 0 spiro atoms. The van der Waals surface area contributed by atoms with E-state index in [9.17, 15) is 13.2 Å². The monoisotopic (exact) mass is 242 g/mol. The molecular weight excluding hydrogens is 233 g/mol. The maximum Gasteiger partial charge on any atom is 0.471 e. The molecule has 0 bridgehead atoms. The van der Waals surface area contributed by atoms with Crippen LogP contribution in [0.3, 0.4) is 0 Å². The number of hydrogen-bond donors (Lipinski definition) is 0. The lowest BCUT2D eigenvalue weighted by molar-refractivity contribution is -0.159. The first-order valence-electron chi connectivity index (χ1n) is 5.01. The van der Waals surface area contributed by atoms with E-state index in [0.717, 1.165) is 12.0 Å². The average Bonchev–Trinajstić information content (AvgIpc) is 2.78. The molecule has 0 radical (unpaired) electrons. The highest BCUT2D eigenvalue weighted by Gasteiger charge is 2.38. The van der Waals surface area contributed by atoms with Crippen molar-refractivity contribution in [1.29, 1.82) is 0 Å². The van der Waals surface area contributed by atoms with Gasteiger partial charge in [0.05, 0.1) is 0 Å². The summed E-state index contributed by atoms with van der Waals surface area (Å²) in [5, 5.41) is 3.32. The van der Waals surface area contributed by atoms with E-state index in [-0.39, 0.29) is 5.82 Å². The van der Waals surface area contributed by atoms with Crippen molar-refractivity contribution in [2.45, 2.75) is 19.5 Å². The maximum absolute atomic E-state index is 12.3. The zero-order valence-corrected chi connectivity index (χ0v) is 8.95. The van der Waals surface area contributed by atoms with Crippen LogP contribution in [-0.2, 0) is 12.6 Å². The van der Waals surface area contributed by atoms with Crippen LogP contribution in [0.5, 0.6) is 0 Å². The minimum absolute atomic E-state index is 0.0485. The summed E-state index contributed by atoms with van der Waals surface area (Å²) in [6.45, 7) is 1.95. The molecule has 6 heteroatoms. The average molecular weight is 242 g/mol. The van der Waals surface area contributed by atoms with Gasteiger partial charge in [-0.3, -0.25) is 0 Å². The van der Waals surface area contributed by atoms with Crippen LogP contribution in [0.15, 0.2) is 28.8 Å². The quantitative estimate of drug-likeness (QED) is 0.810. The van der Waals surface area contributed by atoms with Crippen LogP contribution in [0.4, 0.5) is 13.2 Å². The number of rotatable bonds is 2. The van der Waals surface area contributed by atoms with Crippen molar-refractivity contribution in [2.75, 3.05) is 0 Å². The topological polar surface area (TPSA) is 38.9 Å². The minimum Gasteiger partial charge on any atom is -0.329 e. The lowest BCUT2D eigenvalue weighted by Gasteiger charge is -1.98. The van der Waals surface area contributed by atoms with Crippen LogP contribution >= 0.6 is 0 Å². The minimum atomic E-state index is -4.60. The largest absolute Gasteiger partial charge is 0.471 e. The van der Waals surface area contributed by atoms with E-state index in [4.69, 9.17) is 0 Å². The lowest BCUT2D eigenvalue weighted by atomic mass is 10.1. The Labute approximate surface area is 95.3 Å². The highest BCUT2D eigenvalue weighted by atomic mass is 19.4. The fourth-order valence-electron chi connectivity index (χ4n) is 1.39. The summed E-state index contributed by atoms with van der Waals surface area (Å²) in [4.78, 5) is 3.32. The number of hydrogen-bond acceptors (Lipinski definition) is 3. The smallest absolute Gasteiger partial charge is 0.329 e. The van der Waals surface area contributed by atoms with E-state index in [0.29, 0.717) is 5.56 Å². The summed E-state index contributed by atoms with van der Waals surface area (Å²) in [7, 11) is 0. The summed E-state index contributed by atoms with van der Waals surface area (Å²) in [5.41, 5.74) is 1.52. The summed E-state index contributed by atoms with van der Waals surface area (Å²) < 4.78 is 41.0. The van der Waals surface area contributed by atoms with Gasteiger partial charge in [-0.05, 0) is 18.1 Å². The van der Waals surface area contributed by atoms with Crippen molar-refractivity contribution in [2.24, 2.45) is 0 Å². The Kier molecular flexibility index (Phi) is 2.87. The number of aryl methyl sites for hydroxylation is 1. The molecule has 0 N–H and O–H groups in total. The molecular formula is C11H9F3N2O. The molecule has 0 aliphatic carbocycles. The van der Waals surface area contributed by atoms with Gasteiger partial charge in [0.15, 0.2) is 0 Å². The van der Waals surface area contributed by atoms with Gasteiger partial charge < -0.3 is 4.52 Å². The molecule has 0 amide bonds. The van der Waals surface area contributed by atoms with E-state index in [2.05, 4.69) is 14.7 Å². The second-order valence-electron chi connectivity index (χ2n) is 3.47. The van der Waals surface area contributed by atoms with Crippen molar-refractivity contribution < 1.29 is 17.7 Å². The molecule has 1 aromatic carbocycles. The van der Waals surface area contributed by atoms with Gasteiger partial charge in [0, 0.05) is 5.56 Å². The molecule has 3 nitrogen and oxygen atoms in total. The fraction of sp³-hybridized carbons (Fsp3) is 0.273. The molecule has 17 heavy (non-hydrogen) atoms. The Balaban J connectivity index is 2.37. The Morgan fingerprint density at radius 3 is 2.65 bits per heavy atom. The van der Waals surface area contributed by atoms with Crippen LogP contribution in [0.1, 0.15) is 18.4 Å². The number of aromatic nitrogens is 2. The predicted octanol–water partition coefficient (Wildman–Crippen LogP) is 3.32. The number of halogens is 3. The molecule has 0 atom stereocenters. The third kappa shape index (κ3) is 2.46. The fourth-order valence-corrected chi connectivity index (χ4v) is 1.39. The van der Waals surface area contributed by atoms with Crippen molar-refractivity contribution in [3.63, 3.8) is 0 Å². The van der Waals surface area contributed by atoms with Crippen molar-refractivity contribution in [1.82, 2.24) is 10.1 Å². The Bertz CT molecular complexity index is 519. The number of benzene rings is 1. The Morgan fingerprint density at radius 2 is 2.06 bits per heavy atom. The SMILES string of the molecule is CCc1cccc(-c2noc(C(F)(F)F)n2)c1. The van der Waals surface area contributed by atoms with Crippen LogP contribution in [0.2, 0.25) is 0 Å². The van der Waals surface area contributed by atoms with E-state index >= 15 is 0 Å². The van der Waals surface area contributed by atoms with Gasteiger partial charge in [0.25, 0.3) is 0 Å². The normalized spacial score (nSPS) is 11.8. The second-order valence-corrected chi connectivity index (χ2v) is 3.47. The van der Waals surface area contributed by atoms with E-state index in [1.54, 1.807) is 18.2 Å². The van der Waals surface area contributed by atoms with Gasteiger partial charge in [-0.2, -0.15) is 18.2 Å². The van der Waals surface area contributed by atoms with E-state index in [1.807, 2.05) is 13.0 Å². The first kappa shape index (κ1) is 11.6. The highest BCUT2D eigenvalue weighted by Crippen LogP contribution is 2.29. The summed E-state index contributed by atoms with van der Waals surface area (Å²) in [6.07, 6.45) is -3.81. The third-order valence-electron chi connectivity index (χ3n) is 2.26. The molecule has 90 valence electrons. The molecule has 2 rings (SSSR count). The van der Waals surface area contributed by atoms with Gasteiger partial charge in [-0.1, -0.05) is 30.3 Å². The zero-order chi connectivity index (χ0) is 12.5. The van der Waals surface area contributed by atoms with Crippen molar-refractivity contribution >= 4 is 0 Å². The molecule has 0 saturated carbocycles. The molecule has 0 saturated heterocycles. The van der Waals surface area contributed by atoms with Gasteiger partial charge in [0.2, 0.25) is 5.82 Å². The van der Waals surface area contributed by atoms with E-state index in [1.165, 1.54) is 0 Å². The second kappa shape index (κ2) is 4.20. The molecule has 1 heterocycles. The molecule has 0 aliphatic rings. The molecule has 2 aromatic rings. The summed E-state index contributed by atoms with van der Waals surface area (Å²) in [5.74, 6) is -1.37. The van der Waals surface area contributed by atoms with Crippen LogP contribution in [0.25, 0.3) is 11.4 Å². The summed E-state index contributed by atoms with van der Waals surface area (Å²) >= 11 is 0. The molecule has 0 unspecified atom stereocenters. The van der Waals surface area contributed by atoms with Gasteiger partial charge in [-0.25, -0.2) is 0 Å². The van der Waals surface area contributed by atoms with Crippen LogP contribution in [-0.4, -0.2) is 10.1 Å². The number of nitrogens with zero attached hydrogens (tertiary/aromatic N) is 2. The molecule has 1 aromatic heterocycles. The van der Waals surface area contributed by atoms with E-state index < -0.39 is 12.1 Å². The highest BCUT2D eigenvalue weighted by molar-refractivity contribution is 5.55. The van der Waals surface area contributed by atoms with Gasteiger partial charge in [-0.15, -0.1) is 0 Å². The molecule has 0 aliphatic heterocycles. The zero-order valence-electron chi connectivity index (χ0n) is 8.95. The first-order valence-corrected chi connectivity index (χ1v) is 5.01. The van der Waals surface area contributed by atoms with Gasteiger partial charge >= 0.3 is 12.1 Å². The molecule has 0 fully saturated rings. The lowest BCUT2D eigenvalue weighted by Crippen LogP contribution is -2.04. The third-order valence-corrected chi connectivity index (χ3v) is 2.26. The first-order chi connectivity index (χ1) is 8.00. The van der Waals surface area contributed by atoms with Crippen LogP contribution in [0, 0.1) is 0 Å². The van der Waals surface area contributed by atoms with Crippen LogP contribution < -0.4 is 0 Å². The van der Waals surface area contributed by atoms with Crippen molar-refractivity contribution in [3.8, 4) is 11.4 Å². The van der Waals surface area contributed by atoms with Gasteiger partial charge in [0.1, 0.15) is 0 Å². The Hall–Kier alpha value is -1.85. The predicted molar refractivity (Wildman–Crippen MR) is 54.1 cm³/mol.